The quantitative estimate of drug-likeness (QED) is 0.813. The Labute approximate surface area is 120 Å². The molecule has 0 aliphatic heterocycles. The largest absolute Gasteiger partial charge is 0.457 e. The van der Waals surface area contributed by atoms with Crippen LogP contribution in [0.1, 0.15) is 18.1 Å². The monoisotopic (exact) mass is 271 g/mol. The maximum absolute atomic E-state index is 8.89. The average molecular weight is 271 g/mol. The van der Waals surface area contributed by atoms with Gasteiger partial charge in [-0.2, -0.15) is 0 Å². The van der Waals surface area contributed by atoms with Crippen molar-refractivity contribution >= 4 is 0 Å². The molecule has 0 saturated heterocycles. The van der Waals surface area contributed by atoms with Gasteiger partial charge in [0.25, 0.3) is 0 Å². The molecule has 0 amide bonds. The van der Waals surface area contributed by atoms with Crippen LogP contribution >= 0.6 is 0 Å². The van der Waals surface area contributed by atoms with Crippen LogP contribution in [0.25, 0.3) is 0 Å². The lowest BCUT2D eigenvalue weighted by Gasteiger charge is -2.08. The van der Waals surface area contributed by atoms with Crippen molar-refractivity contribution in [2.75, 3.05) is 13.2 Å². The third-order valence-electron chi connectivity index (χ3n) is 3.04. The van der Waals surface area contributed by atoms with Crippen molar-refractivity contribution in [2.45, 2.75) is 19.9 Å². The molecule has 106 valence electrons. The summed E-state index contributed by atoms with van der Waals surface area (Å²) in [6.07, 6.45) is 0.679. The van der Waals surface area contributed by atoms with Crippen LogP contribution < -0.4 is 10.1 Å². The Hall–Kier alpha value is -1.84. The van der Waals surface area contributed by atoms with E-state index in [4.69, 9.17) is 9.84 Å². The van der Waals surface area contributed by atoms with Crippen molar-refractivity contribution in [3.8, 4) is 11.5 Å². The molecule has 0 bridgehead atoms. The fourth-order valence-corrected chi connectivity index (χ4v) is 1.98. The first kappa shape index (κ1) is 14.6. The molecule has 0 saturated carbocycles. The van der Waals surface area contributed by atoms with E-state index in [-0.39, 0.29) is 6.61 Å². The minimum Gasteiger partial charge on any atom is -0.457 e. The molecule has 20 heavy (non-hydrogen) atoms. The predicted molar refractivity (Wildman–Crippen MR) is 81.1 cm³/mol. The summed E-state index contributed by atoms with van der Waals surface area (Å²) in [5.74, 6) is 1.66. The van der Waals surface area contributed by atoms with Gasteiger partial charge in [-0.15, -0.1) is 0 Å². The molecular formula is C17H21NO2. The van der Waals surface area contributed by atoms with Crippen molar-refractivity contribution in [2.24, 2.45) is 0 Å². The Bertz CT molecular complexity index is 523. The fourth-order valence-electron chi connectivity index (χ4n) is 1.98. The predicted octanol–water partition coefficient (Wildman–Crippen LogP) is 3.12. The molecule has 0 unspecified atom stereocenters. The van der Waals surface area contributed by atoms with Gasteiger partial charge < -0.3 is 15.2 Å². The fraction of sp³-hybridized carbons (Fsp3) is 0.294. The number of nitrogens with one attached hydrogen (secondary N) is 1. The van der Waals surface area contributed by atoms with E-state index in [0.29, 0.717) is 6.42 Å². The average Bonchev–Trinajstić information content (AvgIpc) is 2.48. The molecule has 0 fully saturated rings. The second-order valence-electron chi connectivity index (χ2n) is 4.65. The molecule has 2 rings (SSSR count). The highest BCUT2D eigenvalue weighted by Crippen LogP contribution is 2.22. The number of aliphatic hydroxyl groups is 1. The van der Waals surface area contributed by atoms with E-state index < -0.39 is 0 Å². The first-order valence-electron chi connectivity index (χ1n) is 6.99. The molecule has 0 heterocycles. The van der Waals surface area contributed by atoms with Crippen LogP contribution in [0.2, 0.25) is 0 Å². The molecule has 0 aliphatic carbocycles. The highest BCUT2D eigenvalue weighted by atomic mass is 16.5. The summed E-state index contributed by atoms with van der Waals surface area (Å²) in [6.45, 7) is 4.07. The van der Waals surface area contributed by atoms with Gasteiger partial charge in [-0.1, -0.05) is 31.2 Å². The van der Waals surface area contributed by atoms with Gasteiger partial charge >= 0.3 is 0 Å². The normalized spacial score (nSPS) is 10.5. The molecule has 0 spiro atoms. The van der Waals surface area contributed by atoms with Crippen LogP contribution in [0.3, 0.4) is 0 Å². The van der Waals surface area contributed by atoms with Crippen LogP contribution in [0.15, 0.2) is 48.5 Å². The highest BCUT2D eigenvalue weighted by molar-refractivity contribution is 5.35. The van der Waals surface area contributed by atoms with Gasteiger partial charge in [-0.25, -0.2) is 0 Å². The number of aliphatic hydroxyl groups excluding tert-OH is 1. The molecule has 3 nitrogen and oxygen atoms in total. The first-order chi connectivity index (χ1) is 9.81. The summed E-state index contributed by atoms with van der Waals surface area (Å²) < 4.78 is 5.84. The van der Waals surface area contributed by atoms with E-state index in [0.717, 1.165) is 30.2 Å². The number of ether oxygens (including phenoxy) is 1. The second kappa shape index (κ2) is 7.68. The topological polar surface area (TPSA) is 41.5 Å². The van der Waals surface area contributed by atoms with E-state index >= 15 is 0 Å². The van der Waals surface area contributed by atoms with Gasteiger partial charge in [0.05, 0.1) is 0 Å². The Morgan fingerprint density at radius 1 is 1.00 bits per heavy atom. The third-order valence-corrected chi connectivity index (χ3v) is 3.04. The lowest BCUT2D eigenvalue weighted by atomic mass is 10.1. The van der Waals surface area contributed by atoms with Crippen LogP contribution in [-0.4, -0.2) is 18.3 Å². The van der Waals surface area contributed by atoms with Crippen molar-refractivity contribution < 1.29 is 9.84 Å². The Morgan fingerprint density at radius 3 is 2.50 bits per heavy atom. The Balaban J connectivity index is 2.01. The standard InChI is InChI=1S/C17H21NO2/c1-2-18-13-15-4-3-5-17(12-15)20-16-8-6-14(7-9-16)10-11-19/h3-9,12,18-19H,2,10-11,13H2,1H3. The SMILES string of the molecule is CCNCc1cccc(Oc2ccc(CCO)cc2)c1. The zero-order valence-corrected chi connectivity index (χ0v) is 11.8. The van der Waals surface area contributed by atoms with Gasteiger partial charge in [-0.05, 0) is 48.4 Å². The van der Waals surface area contributed by atoms with Crippen LogP contribution in [0.5, 0.6) is 11.5 Å². The Kier molecular flexibility index (Phi) is 5.59. The smallest absolute Gasteiger partial charge is 0.127 e. The maximum atomic E-state index is 8.89. The molecule has 2 aromatic carbocycles. The van der Waals surface area contributed by atoms with E-state index in [1.54, 1.807) is 0 Å². The van der Waals surface area contributed by atoms with Crippen molar-refractivity contribution in [3.63, 3.8) is 0 Å². The van der Waals surface area contributed by atoms with E-state index in [1.165, 1.54) is 5.56 Å². The summed E-state index contributed by atoms with van der Waals surface area (Å²) in [4.78, 5) is 0. The molecule has 0 aromatic heterocycles. The number of rotatable bonds is 7. The van der Waals surface area contributed by atoms with Gasteiger partial charge in [0, 0.05) is 13.2 Å². The maximum Gasteiger partial charge on any atom is 0.127 e. The number of benzene rings is 2. The molecule has 0 aliphatic rings. The van der Waals surface area contributed by atoms with Crippen molar-refractivity contribution in [3.05, 3.63) is 59.7 Å². The first-order valence-corrected chi connectivity index (χ1v) is 6.99. The molecule has 0 radical (unpaired) electrons. The van der Waals surface area contributed by atoms with Crippen molar-refractivity contribution in [1.29, 1.82) is 0 Å². The zero-order chi connectivity index (χ0) is 14.2. The van der Waals surface area contributed by atoms with Gasteiger partial charge in [0.2, 0.25) is 0 Å². The summed E-state index contributed by atoms with van der Waals surface area (Å²) in [6, 6.07) is 15.9. The lowest BCUT2D eigenvalue weighted by molar-refractivity contribution is 0.299. The summed E-state index contributed by atoms with van der Waals surface area (Å²) in [5.41, 5.74) is 2.32. The molecule has 3 heteroatoms. The summed E-state index contributed by atoms with van der Waals surface area (Å²) in [5, 5.41) is 12.2. The minimum absolute atomic E-state index is 0.173. The summed E-state index contributed by atoms with van der Waals surface area (Å²) >= 11 is 0. The number of hydrogen-bond donors (Lipinski definition) is 2. The molecular weight excluding hydrogens is 250 g/mol. The Morgan fingerprint density at radius 2 is 1.80 bits per heavy atom. The van der Waals surface area contributed by atoms with Gasteiger partial charge in [0.15, 0.2) is 0 Å². The number of hydrogen-bond acceptors (Lipinski definition) is 3. The van der Waals surface area contributed by atoms with Gasteiger partial charge in [-0.3, -0.25) is 0 Å². The molecule has 0 atom stereocenters. The van der Waals surface area contributed by atoms with Gasteiger partial charge in [0.1, 0.15) is 11.5 Å². The van der Waals surface area contributed by atoms with Crippen LogP contribution in [0, 0.1) is 0 Å². The van der Waals surface area contributed by atoms with E-state index in [1.807, 2.05) is 42.5 Å². The lowest BCUT2D eigenvalue weighted by Crippen LogP contribution is -2.11. The minimum atomic E-state index is 0.173. The van der Waals surface area contributed by atoms with E-state index in [9.17, 15) is 0 Å². The second-order valence-corrected chi connectivity index (χ2v) is 4.65. The third kappa shape index (κ3) is 4.37. The molecule has 2 N–H and O–H groups in total. The van der Waals surface area contributed by atoms with Crippen molar-refractivity contribution in [1.82, 2.24) is 5.32 Å². The van der Waals surface area contributed by atoms with E-state index in [2.05, 4.69) is 18.3 Å². The summed E-state index contributed by atoms with van der Waals surface area (Å²) in [7, 11) is 0. The van der Waals surface area contributed by atoms with Crippen LogP contribution in [-0.2, 0) is 13.0 Å². The highest BCUT2D eigenvalue weighted by Gasteiger charge is 2.00. The zero-order valence-electron chi connectivity index (χ0n) is 11.8. The van der Waals surface area contributed by atoms with Crippen LogP contribution in [0.4, 0.5) is 0 Å². The molecule has 2 aromatic rings.